The topological polar surface area (TPSA) is 75.3 Å². The molecule has 1 aromatic carbocycles. The van der Waals surface area contributed by atoms with Crippen molar-refractivity contribution in [1.82, 2.24) is 5.32 Å². The molecule has 1 amide bonds. The van der Waals surface area contributed by atoms with E-state index in [1.807, 2.05) is 13.8 Å². The average Bonchev–Trinajstić information content (AvgIpc) is 2.25. The van der Waals surface area contributed by atoms with E-state index in [2.05, 4.69) is 5.32 Å². The summed E-state index contributed by atoms with van der Waals surface area (Å²) in [4.78, 5) is 12.2. The minimum absolute atomic E-state index is 0.159. The molecule has 0 saturated heterocycles. The van der Waals surface area contributed by atoms with Crippen LogP contribution in [0.15, 0.2) is 18.2 Å². The Hall–Kier alpha value is -1.33. The lowest BCUT2D eigenvalue weighted by Crippen LogP contribution is -2.41. The summed E-state index contributed by atoms with van der Waals surface area (Å²) in [6, 6.07) is 4.31. The van der Waals surface area contributed by atoms with Crippen LogP contribution in [0.5, 0.6) is 5.75 Å². The molecule has 0 heterocycles. The van der Waals surface area contributed by atoms with Crippen molar-refractivity contribution < 1.29 is 9.90 Å². The van der Waals surface area contributed by atoms with Gasteiger partial charge in [-0.25, -0.2) is 0 Å². The quantitative estimate of drug-likeness (QED) is 0.741. The fourth-order valence-electron chi connectivity index (χ4n) is 1.18. The van der Waals surface area contributed by atoms with Gasteiger partial charge >= 0.3 is 0 Å². The Morgan fingerprint density at radius 1 is 1.56 bits per heavy atom. The molecule has 98 valence electrons. The first-order valence-corrected chi connectivity index (χ1v) is 6.09. The predicted octanol–water partition coefficient (Wildman–Crippen LogP) is 2.09. The number of nitrogens with two attached hydrogens (primary N) is 1. The molecule has 18 heavy (non-hydrogen) atoms. The number of nitrogens with one attached hydrogen (secondary N) is 1. The lowest BCUT2D eigenvalue weighted by atomic mass is 9.93. The van der Waals surface area contributed by atoms with E-state index in [9.17, 15) is 9.90 Å². The first kappa shape index (κ1) is 14.7. The zero-order valence-corrected chi connectivity index (χ0v) is 11.7. The third-order valence-electron chi connectivity index (χ3n) is 2.56. The number of carbonyl (C=O) groups excluding carboxylic acids is 1. The zero-order valence-electron chi connectivity index (χ0n) is 10.2. The molecule has 0 atom stereocenters. The second kappa shape index (κ2) is 5.54. The number of carbonyl (C=O) groups is 1. The standard InChI is InChI=1S/C12H15ClN2O2S/c1-12(2,11(14)18)6-15-10(17)8-4-3-7(13)5-9(8)16/h3-5,16H,6H2,1-2H3,(H2,14,18)(H,15,17). The second-order valence-electron chi connectivity index (χ2n) is 4.59. The van der Waals surface area contributed by atoms with Crippen LogP contribution in [-0.4, -0.2) is 22.5 Å². The van der Waals surface area contributed by atoms with E-state index in [0.29, 0.717) is 16.6 Å². The highest BCUT2D eigenvalue weighted by molar-refractivity contribution is 7.80. The Balaban J connectivity index is 2.75. The van der Waals surface area contributed by atoms with Crippen LogP contribution in [0, 0.1) is 5.41 Å². The number of hydrogen-bond acceptors (Lipinski definition) is 3. The molecule has 0 aliphatic heterocycles. The molecule has 4 N–H and O–H groups in total. The van der Waals surface area contributed by atoms with Gasteiger partial charge in [-0.05, 0) is 18.2 Å². The van der Waals surface area contributed by atoms with E-state index in [-0.39, 0.29) is 11.3 Å². The van der Waals surface area contributed by atoms with Crippen molar-refractivity contribution in [1.29, 1.82) is 0 Å². The van der Waals surface area contributed by atoms with E-state index in [4.69, 9.17) is 29.6 Å². The van der Waals surface area contributed by atoms with Crippen LogP contribution in [-0.2, 0) is 0 Å². The molecule has 1 rings (SSSR count). The van der Waals surface area contributed by atoms with Gasteiger partial charge in [0.15, 0.2) is 0 Å². The Kier molecular flexibility index (Phi) is 4.53. The number of phenolic OH excluding ortho intramolecular Hbond substituents is 1. The molecular weight excluding hydrogens is 272 g/mol. The normalized spacial score (nSPS) is 11.1. The number of aromatic hydroxyl groups is 1. The molecule has 1 aromatic rings. The lowest BCUT2D eigenvalue weighted by molar-refractivity contribution is 0.0942. The van der Waals surface area contributed by atoms with Crippen LogP contribution in [0.1, 0.15) is 24.2 Å². The number of hydrogen-bond donors (Lipinski definition) is 3. The van der Waals surface area contributed by atoms with Gasteiger partial charge in [0.05, 0.1) is 10.6 Å². The van der Waals surface area contributed by atoms with Gasteiger partial charge in [-0.15, -0.1) is 0 Å². The predicted molar refractivity (Wildman–Crippen MR) is 76.0 cm³/mol. The number of benzene rings is 1. The molecule has 6 heteroatoms. The third kappa shape index (κ3) is 3.58. The molecule has 0 fully saturated rings. The molecule has 0 unspecified atom stereocenters. The van der Waals surface area contributed by atoms with Crippen LogP contribution in [0.3, 0.4) is 0 Å². The summed E-state index contributed by atoms with van der Waals surface area (Å²) in [6.07, 6.45) is 0. The van der Waals surface area contributed by atoms with E-state index >= 15 is 0 Å². The first-order chi connectivity index (χ1) is 8.24. The van der Waals surface area contributed by atoms with Crippen molar-refractivity contribution >= 4 is 34.7 Å². The maximum Gasteiger partial charge on any atom is 0.255 e. The first-order valence-electron chi connectivity index (χ1n) is 5.30. The highest BCUT2D eigenvalue weighted by atomic mass is 35.5. The number of amides is 1. The molecular formula is C12H15ClN2O2S. The van der Waals surface area contributed by atoms with Gasteiger partial charge in [-0.2, -0.15) is 0 Å². The third-order valence-corrected chi connectivity index (χ3v) is 3.35. The Labute approximate surface area is 116 Å². The van der Waals surface area contributed by atoms with Crippen molar-refractivity contribution in [2.45, 2.75) is 13.8 Å². The van der Waals surface area contributed by atoms with Crippen molar-refractivity contribution in [2.75, 3.05) is 6.54 Å². The van der Waals surface area contributed by atoms with Crippen LogP contribution in [0.2, 0.25) is 5.02 Å². The molecule has 0 bridgehead atoms. The van der Waals surface area contributed by atoms with Gasteiger partial charge in [0.1, 0.15) is 5.75 Å². The van der Waals surface area contributed by atoms with Gasteiger partial charge < -0.3 is 16.2 Å². The summed E-state index contributed by atoms with van der Waals surface area (Å²) in [5.74, 6) is -0.554. The van der Waals surface area contributed by atoms with Crippen molar-refractivity contribution in [3.8, 4) is 5.75 Å². The Morgan fingerprint density at radius 3 is 2.67 bits per heavy atom. The maximum absolute atomic E-state index is 11.8. The van der Waals surface area contributed by atoms with Gasteiger partial charge in [-0.1, -0.05) is 37.7 Å². The zero-order chi connectivity index (χ0) is 13.9. The summed E-state index contributed by atoms with van der Waals surface area (Å²) >= 11 is 10.6. The smallest absolute Gasteiger partial charge is 0.255 e. The van der Waals surface area contributed by atoms with Crippen LogP contribution < -0.4 is 11.1 Å². The van der Waals surface area contributed by atoms with Crippen molar-refractivity contribution in [2.24, 2.45) is 11.1 Å². The van der Waals surface area contributed by atoms with Crippen LogP contribution in [0.4, 0.5) is 0 Å². The number of rotatable bonds is 4. The highest BCUT2D eigenvalue weighted by Crippen LogP contribution is 2.22. The lowest BCUT2D eigenvalue weighted by Gasteiger charge is -2.23. The molecule has 0 aromatic heterocycles. The maximum atomic E-state index is 11.8. The van der Waals surface area contributed by atoms with Crippen LogP contribution >= 0.6 is 23.8 Å². The Bertz CT molecular complexity index is 489. The summed E-state index contributed by atoms with van der Waals surface area (Å²) in [5, 5.41) is 12.6. The van der Waals surface area contributed by atoms with Gasteiger partial charge in [0, 0.05) is 17.0 Å². The highest BCUT2D eigenvalue weighted by Gasteiger charge is 2.23. The van der Waals surface area contributed by atoms with Crippen molar-refractivity contribution in [3.05, 3.63) is 28.8 Å². The minimum atomic E-state index is -0.479. The summed E-state index contributed by atoms with van der Waals surface area (Å²) in [6.45, 7) is 3.96. The van der Waals surface area contributed by atoms with E-state index in [1.165, 1.54) is 18.2 Å². The summed E-state index contributed by atoms with van der Waals surface area (Å²) in [5.41, 5.74) is 5.24. The van der Waals surface area contributed by atoms with Gasteiger partial charge in [0.25, 0.3) is 5.91 Å². The molecule has 0 aliphatic carbocycles. The Morgan fingerprint density at radius 2 is 2.17 bits per heavy atom. The second-order valence-corrected chi connectivity index (χ2v) is 5.47. The fourth-order valence-corrected chi connectivity index (χ4v) is 1.42. The van der Waals surface area contributed by atoms with E-state index in [0.717, 1.165) is 0 Å². The van der Waals surface area contributed by atoms with Crippen molar-refractivity contribution in [3.63, 3.8) is 0 Å². The fraction of sp³-hybridized carbons (Fsp3) is 0.333. The molecule has 0 radical (unpaired) electrons. The van der Waals surface area contributed by atoms with Gasteiger partial charge in [0.2, 0.25) is 0 Å². The molecule has 4 nitrogen and oxygen atoms in total. The monoisotopic (exact) mass is 286 g/mol. The summed E-state index contributed by atoms with van der Waals surface area (Å²) < 4.78 is 0. The van der Waals surface area contributed by atoms with E-state index < -0.39 is 11.3 Å². The number of halogens is 1. The molecule has 0 spiro atoms. The SMILES string of the molecule is CC(C)(CNC(=O)c1ccc(Cl)cc1O)C(N)=S. The van der Waals surface area contributed by atoms with E-state index in [1.54, 1.807) is 0 Å². The van der Waals surface area contributed by atoms with Gasteiger partial charge in [-0.3, -0.25) is 4.79 Å². The number of phenols is 1. The molecule has 0 saturated carbocycles. The average molecular weight is 287 g/mol. The number of thiocarbonyl (C=S) groups is 1. The molecule has 0 aliphatic rings. The summed E-state index contributed by atoms with van der Waals surface area (Å²) in [7, 11) is 0. The largest absolute Gasteiger partial charge is 0.507 e. The minimum Gasteiger partial charge on any atom is -0.507 e. The van der Waals surface area contributed by atoms with Crippen LogP contribution in [0.25, 0.3) is 0 Å².